The van der Waals surface area contributed by atoms with Crippen LogP contribution in [0.1, 0.15) is 25.3 Å². The molecule has 1 aromatic rings. The van der Waals surface area contributed by atoms with Crippen LogP contribution in [-0.2, 0) is 16.1 Å². The maximum absolute atomic E-state index is 12.8. The van der Waals surface area contributed by atoms with Crippen molar-refractivity contribution in [2.45, 2.75) is 31.9 Å². The zero-order valence-electron chi connectivity index (χ0n) is 14.1. The van der Waals surface area contributed by atoms with E-state index in [4.69, 9.17) is 9.47 Å². The van der Waals surface area contributed by atoms with E-state index >= 15 is 0 Å². The highest BCUT2D eigenvalue weighted by Crippen LogP contribution is 2.25. The minimum atomic E-state index is -0.675. The Morgan fingerprint density at radius 2 is 1.87 bits per heavy atom. The van der Waals surface area contributed by atoms with Crippen molar-refractivity contribution in [3.8, 4) is 5.75 Å². The summed E-state index contributed by atoms with van der Waals surface area (Å²) in [5, 5.41) is 3.27. The number of benzene rings is 1. The van der Waals surface area contributed by atoms with E-state index in [-0.39, 0.29) is 18.3 Å². The predicted octanol–water partition coefficient (Wildman–Crippen LogP) is 2.23. The lowest BCUT2D eigenvalue weighted by molar-refractivity contribution is -0.157. The Balaban J connectivity index is 0.00000264. The maximum Gasteiger partial charge on any atom is 0.254 e. The van der Waals surface area contributed by atoms with Gasteiger partial charge in [-0.05, 0) is 50.6 Å². The van der Waals surface area contributed by atoms with Crippen molar-refractivity contribution in [1.29, 1.82) is 0 Å². The van der Waals surface area contributed by atoms with Gasteiger partial charge in [0.2, 0.25) is 0 Å². The molecule has 5 nitrogen and oxygen atoms in total. The normalized spacial score (nSPS) is 16.3. The largest absolute Gasteiger partial charge is 0.494 e. The number of rotatable bonds is 6. The van der Waals surface area contributed by atoms with Crippen molar-refractivity contribution >= 4 is 18.3 Å². The molecule has 1 saturated heterocycles. The number of nitrogens with zero attached hydrogens (tertiary/aromatic N) is 1. The van der Waals surface area contributed by atoms with Gasteiger partial charge in [-0.3, -0.25) is 4.79 Å². The lowest BCUT2D eigenvalue weighted by Crippen LogP contribution is -2.54. The van der Waals surface area contributed by atoms with Gasteiger partial charge in [-0.25, -0.2) is 0 Å². The van der Waals surface area contributed by atoms with Crippen LogP contribution < -0.4 is 10.1 Å². The van der Waals surface area contributed by atoms with Gasteiger partial charge in [0.05, 0.1) is 6.61 Å². The molecule has 1 aliphatic heterocycles. The number of carbonyl (C=O) groups is 1. The number of piperidine rings is 1. The smallest absolute Gasteiger partial charge is 0.254 e. The van der Waals surface area contributed by atoms with Crippen LogP contribution in [0.25, 0.3) is 0 Å². The molecule has 1 aliphatic rings. The molecule has 1 amide bonds. The minimum Gasteiger partial charge on any atom is -0.494 e. The number of hydrogen-bond donors (Lipinski definition) is 1. The van der Waals surface area contributed by atoms with Gasteiger partial charge in [-0.2, -0.15) is 0 Å². The van der Waals surface area contributed by atoms with Crippen LogP contribution in [0.4, 0.5) is 0 Å². The molecule has 1 fully saturated rings. The van der Waals surface area contributed by atoms with Gasteiger partial charge in [0.1, 0.15) is 11.4 Å². The summed E-state index contributed by atoms with van der Waals surface area (Å²) in [5.41, 5.74) is 0.408. The molecule has 1 N–H and O–H groups in total. The van der Waals surface area contributed by atoms with Crippen LogP contribution in [0.5, 0.6) is 5.75 Å². The van der Waals surface area contributed by atoms with Crippen molar-refractivity contribution in [3.05, 3.63) is 29.8 Å². The third kappa shape index (κ3) is 4.83. The molecular formula is C17H27ClN2O3. The fourth-order valence-corrected chi connectivity index (χ4v) is 2.89. The molecular weight excluding hydrogens is 316 g/mol. The lowest BCUT2D eigenvalue weighted by atomic mass is 9.90. The molecule has 6 heteroatoms. The fraction of sp³-hybridized carbons (Fsp3) is 0.588. The van der Waals surface area contributed by atoms with Crippen LogP contribution in [0, 0.1) is 0 Å². The van der Waals surface area contributed by atoms with E-state index < -0.39 is 5.60 Å². The van der Waals surface area contributed by atoms with E-state index in [2.05, 4.69) is 5.32 Å². The first-order valence-corrected chi connectivity index (χ1v) is 7.84. The lowest BCUT2D eigenvalue weighted by Gasteiger charge is -2.37. The van der Waals surface area contributed by atoms with Gasteiger partial charge in [0.25, 0.3) is 5.91 Å². The summed E-state index contributed by atoms with van der Waals surface area (Å²) in [6.07, 6.45) is 1.44. The number of halogens is 1. The monoisotopic (exact) mass is 342 g/mol. The summed E-state index contributed by atoms with van der Waals surface area (Å²) >= 11 is 0. The Hall–Kier alpha value is -1.30. The number of amides is 1. The quantitative estimate of drug-likeness (QED) is 0.861. The highest BCUT2D eigenvalue weighted by molar-refractivity contribution is 5.85. The fourth-order valence-electron chi connectivity index (χ4n) is 2.89. The van der Waals surface area contributed by atoms with Gasteiger partial charge in [-0.15, -0.1) is 12.4 Å². The van der Waals surface area contributed by atoms with E-state index in [1.807, 2.05) is 38.2 Å². The van der Waals surface area contributed by atoms with Gasteiger partial charge in [0.15, 0.2) is 0 Å². The predicted molar refractivity (Wildman–Crippen MR) is 93.2 cm³/mol. The molecule has 0 unspecified atom stereocenters. The highest BCUT2D eigenvalue weighted by Gasteiger charge is 2.41. The number of likely N-dealkylation sites (N-methyl/N-ethyl adjacent to an activating group) is 1. The SMILES string of the molecule is CCOc1ccc(CN(C)C(=O)C2(OC)CCNCC2)cc1.Cl. The van der Waals surface area contributed by atoms with Crippen molar-refractivity contribution in [3.63, 3.8) is 0 Å². The average molecular weight is 343 g/mol. The molecule has 1 heterocycles. The summed E-state index contributed by atoms with van der Waals surface area (Å²) in [6.45, 7) is 4.82. The topological polar surface area (TPSA) is 50.8 Å². The van der Waals surface area contributed by atoms with Crippen LogP contribution in [0.15, 0.2) is 24.3 Å². The van der Waals surface area contributed by atoms with Crippen molar-refractivity contribution in [2.75, 3.05) is 33.9 Å². The molecule has 0 aromatic heterocycles. The van der Waals surface area contributed by atoms with E-state index in [0.29, 0.717) is 13.2 Å². The Morgan fingerprint density at radius 3 is 2.39 bits per heavy atom. The van der Waals surface area contributed by atoms with Crippen LogP contribution in [0.2, 0.25) is 0 Å². The highest BCUT2D eigenvalue weighted by atomic mass is 35.5. The first kappa shape index (κ1) is 19.7. The van der Waals surface area contributed by atoms with Crippen molar-refractivity contribution in [2.24, 2.45) is 0 Å². The summed E-state index contributed by atoms with van der Waals surface area (Å²) in [4.78, 5) is 14.5. The number of ether oxygens (including phenoxy) is 2. The number of carbonyl (C=O) groups excluding carboxylic acids is 1. The van der Waals surface area contributed by atoms with E-state index in [1.165, 1.54) is 0 Å². The second kappa shape index (κ2) is 9.11. The van der Waals surface area contributed by atoms with E-state index in [1.54, 1.807) is 12.0 Å². The van der Waals surface area contributed by atoms with Crippen LogP contribution in [0.3, 0.4) is 0 Å². The third-order valence-electron chi connectivity index (χ3n) is 4.19. The molecule has 130 valence electrons. The Morgan fingerprint density at radius 1 is 1.26 bits per heavy atom. The van der Waals surface area contributed by atoms with Gasteiger partial charge < -0.3 is 19.7 Å². The Kier molecular flexibility index (Phi) is 7.82. The van der Waals surface area contributed by atoms with Crippen LogP contribution >= 0.6 is 12.4 Å². The molecule has 2 rings (SSSR count). The first-order valence-electron chi connectivity index (χ1n) is 7.84. The van der Waals surface area contributed by atoms with Gasteiger partial charge in [0, 0.05) is 20.7 Å². The summed E-state index contributed by atoms with van der Waals surface area (Å²) in [6, 6.07) is 7.87. The summed E-state index contributed by atoms with van der Waals surface area (Å²) < 4.78 is 11.0. The minimum absolute atomic E-state index is 0. The second-order valence-corrected chi connectivity index (χ2v) is 5.69. The van der Waals surface area contributed by atoms with Crippen molar-refractivity contribution in [1.82, 2.24) is 10.2 Å². The number of hydrogen-bond acceptors (Lipinski definition) is 4. The first-order chi connectivity index (χ1) is 10.6. The second-order valence-electron chi connectivity index (χ2n) is 5.69. The standard InChI is InChI=1S/C17H26N2O3.ClH/c1-4-22-15-7-5-14(6-8-15)13-19(2)16(20)17(21-3)9-11-18-12-10-17;/h5-8,18H,4,9-13H2,1-3H3;1H. The molecule has 1 aromatic carbocycles. The Bertz CT molecular complexity index is 487. The van der Waals surface area contributed by atoms with E-state index in [9.17, 15) is 4.79 Å². The van der Waals surface area contributed by atoms with Gasteiger partial charge in [-0.1, -0.05) is 12.1 Å². The van der Waals surface area contributed by atoms with E-state index in [0.717, 1.165) is 37.2 Å². The molecule has 0 aliphatic carbocycles. The van der Waals surface area contributed by atoms with Gasteiger partial charge >= 0.3 is 0 Å². The average Bonchev–Trinajstić information content (AvgIpc) is 2.56. The zero-order chi connectivity index (χ0) is 16.0. The van der Waals surface area contributed by atoms with Crippen molar-refractivity contribution < 1.29 is 14.3 Å². The molecule has 0 atom stereocenters. The summed E-state index contributed by atoms with van der Waals surface area (Å²) in [5.74, 6) is 0.914. The van der Waals surface area contributed by atoms with Crippen LogP contribution in [-0.4, -0.2) is 50.3 Å². The maximum atomic E-state index is 12.8. The zero-order valence-corrected chi connectivity index (χ0v) is 14.9. The summed E-state index contributed by atoms with van der Waals surface area (Å²) in [7, 11) is 3.47. The molecule has 0 radical (unpaired) electrons. The molecule has 23 heavy (non-hydrogen) atoms. The molecule has 0 spiro atoms. The number of methoxy groups -OCH3 is 1. The molecule has 0 bridgehead atoms. The molecule has 0 saturated carbocycles. The Labute approximate surface area is 144 Å². The third-order valence-corrected chi connectivity index (χ3v) is 4.19. The number of nitrogens with one attached hydrogen (secondary N) is 1.